The first-order valence-electron chi connectivity index (χ1n) is 25.9. The molecule has 3 nitrogen and oxygen atoms in total. The summed E-state index contributed by atoms with van der Waals surface area (Å²) in [7, 11) is 0. The van der Waals surface area contributed by atoms with E-state index in [9.17, 15) is 4.11 Å². The van der Waals surface area contributed by atoms with Gasteiger partial charge in [0, 0.05) is 55.1 Å². The summed E-state index contributed by atoms with van der Waals surface area (Å²) in [6.45, 7) is 28.7. The molecule has 4 heteroatoms. The molecule has 0 unspecified atom stereocenters. The zero-order valence-corrected chi connectivity index (χ0v) is 41.1. The Morgan fingerprint density at radius 3 is 1.55 bits per heavy atom. The molecule has 2 aliphatic heterocycles. The zero-order chi connectivity index (χ0) is 48.2. The molecule has 0 N–H and O–H groups in total. The first-order chi connectivity index (χ1) is 31.7. The first kappa shape index (κ1) is 37.9. The van der Waals surface area contributed by atoms with Crippen LogP contribution in [0.5, 0.6) is 0 Å². The van der Waals surface area contributed by atoms with Crippen molar-refractivity contribution in [3.63, 3.8) is 0 Å². The van der Waals surface area contributed by atoms with Crippen molar-refractivity contribution in [3.05, 3.63) is 136 Å². The summed E-state index contributed by atoms with van der Waals surface area (Å²) in [6, 6.07) is 34.1. The van der Waals surface area contributed by atoms with Crippen molar-refractivity contribution in [2.45, 2.75) is 161 Å². The molecule has 0 saturated carbocycles. The maximum absolute atomic E-state index is 9.19. The second kappa shape index (κ2) is 12.8. The summed E-state index contributed by atoms with van der Waals surface area (Å²) in [5, 5.41) is 2.16. The normalized spacial score (nSPS) is 21.7. The molecule has 6 aromatic carbocycles. The van der Waals surface area contributed by atoms with Gasteiger partial charge >= 0.3 is 0 Å². The van der Waals surface area contributed by atoms with Gasteiger partial charge in [-0.2, -0.15) is 0 Å². The van der Waals surface area contributed by atoms with Gasteiger partial charge in [0.2, 0.25) is 0 Å². The van der Waals surface area contributed by atoms with E-state index < -0.39 is 6.85 Å². The molecule has 330 valence electrons. The molecule has 0 radical (unpaired) electrons. The van der Waals surface area contributed by atoms with E-state index in [4.69, 9.17) is 4.42 Å². The third kappa shape index (κ3) is 5.67. The van der Waals surface area contributed by atoms with Crippen LogP contribution in [0, 0.1) is 13.8 Å². The van der Waals surface area contributed by atoms with Gasteiger partial charge in [-0.05, 0) is 188 Å². The Morgan fingerprint density at radius 1 is 0.477 bits per heavy atom. The molecule has 65 heavy (non-hydrogen) atoms. The van der Waals surface area contributed by atoms with Gasteiger partial charge in [0.15, 0.2) is 0 Å². The van der Waals surface area contributed by atoms with Crippen LogP contribution in [0.3, 0.4) is 0 Å². The number of rotatable bonds is 2. The largest absolute Gasteiger partial charge is 0.456 e. The lowest BCUT2D eigenvalue weighted by Gasteiger charge is -2.48. The van der Waals surface area contributed by atoms with Crippen LogP contribution in [0.2, 0.25) is 0 Å². The molecule has 0 spiro atoms. The van der Waals surface area contributed by atoms with E-state index in [0.29, 0.717) is 5.56 Å². The highest BCUT2D eigenvalue weighted by Gasteiger charge is 2.50. The number of fused-ring (bicyclic) bond motifs is 10. The molecule has 0 atom stereocenters. The van der Waals surface area contributed by atoms with Crippen LogP contribution in [0.15, 0.2) is 95.4 Å². The predicted molar refractivity (Wildman–Crippen MR) is 278 cm³/mol. The smallest absolute Gasteiger partial charge is 0.252 e. The summed E-state index contributed by atoms with van der Waals surface area (Å²) in [6.07, 6.45) is 5.49. The molecular weight excluding hydrogens is 787 g/mol. The SMILES string of the molecule is [2H]C([2H])([2H])c1cc2c3c(c1)N(c1cc4c(cc1C)C(C)(C)CCC4(C)C)c1cc4c(cc1B3c1cc3c(cc1N2c1ccc2c(c1)oc1ccccc12)C(C)(C)CCC3(C)C)C(C)(C)CC4(C)C. The maximum atomic E-state index is 9.19. The number of benzene rings is 6. The fourth-order valence-corrected chi connectivity index (χ4v) is 13.9. The van der Waals surface area contributed by atoms with Crippen molar-refractivity contribution in [2.24, 2.45) is 0 Å². The average Bonchev–Trinajstić information content (AvgIpc) is 3.71. The Labute approximate surface area is 392 Å². The fourth-order valence-electron chi connectivity index (χ4n) is 13.9. The van der Waals surface area contributed by atoms with Gasteiger partial charge in [-0.3, -0.25) is 0 Å². The Morgan fingerprint density at radius 2 is 0.954 bits per heavy atom. The fraction of sp³-hybridized carbons (Fsp3) is 0.410. The topological polar surface area (TPSA) is 19.6 Å². The van der Waals surface area contributed by atoms with Gasteiger partial charge in [-0.25, -0.2) is 0 Å². The molecule has 0 bridgehead atoms. The molecule has 5 aliphatic rings. The van der Waals surface area contributed by atoms with Gasteiger partial charge in [0.05, 0.1) is 0 Å². The van der Waals surface area contributed by atoms with E-state index in [1.807, 2.05) is 24.3 Å². The van der Waals surface area contributed by atoms with Gasteiger partial charge in [-0.1, -0.05) is 119 Å². The summed E-state index contributed by atoms with van der Waals surface area (Å²) in [4.78, 5) is 4.91. The van der Waals surface area contributed by atoms with E-state index in [-0.39, 0.29) is 39.2 Å². The lowest BCUT2D eigenvalue weighted by atomic mass is 9.32. The lowest BCUT2D eigenvalue weighted by molar-refractivity contribution is 0.332. The number of para-hydroxylation sites is 1. The van der Waals surface area contributed by atoms with Crippen LogP contribution in [-0.4, -0.2) is 6.71 Å². The Hall–Kier alpha value is -5.22. The number of hydrogen-bond donors (Lipinski definition) is 0. The molecule has 0 amide bonds. The molecule has 3 heterocycles. The van der Waals surface area contributed by atoms with Gasteiger partial charge in [0.1, 0.15) is 11.2 Å². The standard InChI is InChI=1S/C61H67BN2O/c1-35-25-51-55-52(26-35)64(48-31-43-40(27-36(48)2)56(3,4)21-23-58(43,7)8)50-33-45-42(60(11,12)34-61(45,13)14)30-47(50)62(55)46-29-41-44(59(9,10)24-22-57(41,5)6)32-49(46)63(51)37-19-20-39-38-17-15-16-18-53(38)65-54(39)28-37/h15-20,25-33H,21-24,34H2,1-14H3/i1D3. The summed E-state index contributed by atoms with van der Waals surface area (Å²) in [5.74, 6) is 0. The highest BCUT2D eigenvalue weighted by Crippen LogP contribution is 2.56. The number of aryl methyl sites for hydroxylation is 2. The van der Waals surface area contributed by atoms with Gasteiger partial charge < -0.3 is 14.2 Å². The molecule has 7 aromatic rings. The van der Waals surface area contributed by atoms with Crippen molar-refractivity contribution >= 4 is 79.2 Å². The summed E-state index contributed by atoms with van der Waals surface area (Å²) < 4.78 is 34.2. The first-order valence-corrected chi connectivity index (χ1v) is 24.4. The zero-order valence-electron chi connectivity index (χ0n) is 44.1. The minimum atomic E-state index is -2.37. The van der Waals surface area contributed by atoms with Crippen LogP contribution in [0.4, 0.5) is 34.1 Å². The van der Waals surface area contributed by atoms with E-state index in [2.05, 4.69) is 167 Å². The average molecular weight is 858 g/mol. The number of nitrogens with zero attached hydrogens (tertiary/aromatic N) is 2. The van der Waals surface area contributed by atoms with Crippen molar-refractivity contribution in [3.8, 4) is 0 Å². The highest BCUT2D eigenvalue weighted by atomic mass is 16.3. The maximum Gasteiger partial charge on any atom is 0.252 e. The van der Waals surface area contributed by atoms with E-state index in [1.165, 1.54) is 49.9 Å². The van der Waals surface area contributed by atoms with Crippen molar-refractivity contribution < 1.29 is 8.53 Å². The van der Waals surface area contributed by atoms with Crippen LogP contribution in [0.1, 0.15) is 164 Å². The van der Waals surface area contributed by atoms with E-state index in [0.717, 1.165) is 93.6 Å². The minimum absolute atomic E-state index is 0.0247. The van der Waals surface area contributed by atoms with Crippen LogP contribution < -0.4 is 26.2 Å². The number of anilines is 6. The van der Waals surface area contributed by atoms with Crippen molar-refractivity contribution in [1.29, 1.82) is 0 Å². The van der Waals surface area contributed by atoms with Gasteiger partial charge in [-0.15, -0.1) is 0 Å². The summed E-state index contributed by atoms with van der Waals surface area (Å²) >= 11 is 0. The Bertz CT molecular complexity index is 3360. The van der Waals surface area contributed by atoms with E-state index in [1.54, 1.807) is 0 Å². The van der Waals surface area contributed by atoms with Crippen LogP contribution in [0.25, 0.3) is 21.9 Å². The molecule has 1 aromatic heterocycles. The molecular formula is C61H67BN2O. The Balaban J connectivity index is 1.24. The molecule has 0 fully saturated rings. The predicted octanol–water partition coefficient (Wildman–Crippen LogP) is 14.9. The minimum Gasteiger partial charge on any atom is -0.456 e. The van der Waals surface area contributed by atoms with Crippen LogP contribution >= 0.6 is 0 Å². The molecule has 0 saturated heterocycles. The van der Waals surface area contributed by atoms with Crippen molar-refractivity contribution in [1.82, 2.24) is 0 Å². The van der Waals surface area contributed by atoms with Gasteiger partial charge in [0.25, 0.3) is 6.71 Å². The number of furan rings is 1. The monoisotopic (exact) mass is 858 g/mol. The number of hydrogen-bond acceptors (Lipinski definition) is 3. The highest BCUT2D eigenvalue weighted by molar-refractivity contribution is 7.00. The van der Waals surface area contributed by atoms with Crippen molar-refractivity contribution in [2.75, 3.05) is 9.80 Å². The quantitative estimate of drug-likeness (QED) is 0.162. The molecule has 12 rings (SSSR count). The van der Waals surface area contributed by atoms with E-state index >= 15 is 0 Å². The van der Waals surface area contributed by atoms with Crippen LogP contribution in [-0.2, 0) is 32.5 Å². The molecule has 3 aliphatic carbocycles. The lowest BCUT2D eigenvalue weighted by Crippen LogP contribution is -2.62. The summed E-state index contributed by atoms with van der Waals surface area (Å²) in [5.41, 5.74) is 21.5. The second-order valence-electron chi connectivity index (χ2n) is 24.9. The third-order valence-corrected chi connectivity index (χ3v) is 17.6. The third-order valence-electron chi connectivity index (χ3n) is 17.6. The second-order valence-corrected chi connectivity index (χ2v) is 24.9. The Kier molecular flexibility index (Phi) is 7.48.